The second-order valence-corrected chi connectivity index (χ2v) is 9.30. The lowest BCUT2D eigenvalue weighted by Gasteiger charge is -2.24. The van der Waals surface area contributed by atoms with Crippen molar-refractivity contribution in [3.05, 3.63) is 10.1 Å². The predicted octanol–water partition coefficient (Wildman–Crippen LogP) is 4.71. The van der Waals surface area contributed by atoms with Crippen molar-refractivity contribution in [1.82, 2.24) is 5.32 Å². The summed E-state index contributed by atoms with van der Waals surface area (Å²) in [5.41, 5.74) is -1.08. The summed E-state index contributed by atoms with van der Waals surface area (Å²) in [6, 6.07) is 0. The van der Waals surface area contributed by atoms with Crippen molar-refractivity contribution in [2.45, 2.75) is 93.7 Å². The molecule has 0 aromatic carbocycles. The fourth-order valence-corrected chi connectivity index (χ4v) is 3.11. The quantitative estimate of drug-likeness (QED) is 0.376. The molecule has 2 atom stereocenters. The minimum atomic E-state index is -1.10. The van der Waals surface area contributed by atoms with Gasteiger partial charge in [0.1, 0.15) is 0 Å². The molecule has 1 rings (SSSR count). The summed E-state index contributed by atoms with van der Waals surface area (Å²) in [4.78, 5) is 33.4. The number of esters is 1. The van der Waals surface area contributed by atoms with E-state index in [9.17, 15) is 19.7 Å². The molecule has 1 aliphatic rings. The van der Waals surface area contributed by atoms with Crippen LogP contribution in [0.4, 0.5) is 0 Å². The summed E-state index contributed by atoms with van der Waals surface area (Å²) in [7, 11) is 0. The van der Waals surface area contributed by atoms with E-state index in [1.807, 2.05) is 13.8 Å². The standard InChI is InChI=1S/C11H21NO4.C9H17NO.CH4.H2/c1-6-16-10(13)9(8(2)3)7-11(4,5)12(14)15;1-6(2)7-5-9(3,4)10-8(7)11;;/h8-9H,6-7H2,1-5H3;6-7H,5H2,1-4H3,(H,10,11);1H4;1H. The van der Waals surface area contributed by atoms with Gasteiger partial charge in [-0.15, -0.1) is 0 Å². The average molecular weight is 405 g/mol. The monoisotopic (exact) mass is 404 g/mol. The number of amides is 1. The number of rotatable bonds is 7. The van der Waals surface area contributed by atoms with Crippen molar-refractivity contribution in [3.63, 3.8) is 0 Å². The molecule has 1 saturated heterocycles. The van der Waals surface area contributed by atoms with Gasteiger partial charge in [0.2, 0.25) is 11.4 Å². The van der Waals surface area contributed by atoms with Gasteiger partial charge in [0.15, 0.2) is 0 Å². The van der Waals surface area contributed by atoms with Crippen LogP contribution < -0.4 is 5.32 Å². The number of carbonyl (C=O) groups excluding carboxylic acids is 2. The van der Waals surface area contributed by atoms with E-state index >= 15 is 0 Å². The van der Waals surface area contributed by atoms with Crippen LogP contribution in [0, 0.1) is 33.8 Å². The summed E-state index contributed by atoms with van der Waals surface area (Å²) in [5, 5.41) is 13.8. The molecule has 0 aromatic rings. The SMILES string of the molecule is C.CC(C)C1CC(C)(C)NC1=O.CCOC(=O)C(CC(C)(C)[N+](=O)[O-])C(C)C.[HH]. The first-order chi connectivity index (χ1) is 12.1. The molecule has 7 nitrogen and oxygen atoms in total. The van der Waals surface area contributed by atoms with E-state index in [0.717, 1.165) is 6.42 Å². The Bertz CT molecular complexity index is 533. The topological polar surface area (TPSA) is 98.5 Å². The summed E-state index contributed by atoms with van der Waals surface area (Å²) in [6.07, 6.45) is 1.18. The highest BCUT2D eigenvalue weighted by atomic mass is 16.6. The van der Waals surface area contributed by atoms with Gasteiger partial charge < -0.3 is 10.1 Å². The van der Waals surface area contributed by atoms with Crippen LogP contribution in [0.15, 0.2) is 0 Å². The van der Waals surface area contributed by atoms with Gasteiger partial charge in [-0.25, -0.2) is 0 Å². The Hall–Kier alpha value is -1.66. The van der Waals surface area contributed by atoms with Gasteiger partial charge in [-0.2, -0.15) is 0 Å². The molecule has 1 heterocycles. The number of hydrogen-bond acceptors (Lipinski definition) is 5. The highest BCUT2D eigenvalue weighted by molar-refractivity contribution is 5.82. The Morgan fingerprint density at radius 2 is 1.86 bits per heavy atom. The number of nitrogens with zero attached hydrogens (tertiary/aromatic N) is 1. The van der Waals surface area contributed by atoms with Crippen LogP contribution in [0.3, 0.4) is 0 Å². The Morgan fingerprint density at radius 3 is 2.11 bits per heavy atom. The third kappa shape index (κ3) is 9.02. The Kier molecular flexibility index (Phi) is 11.6. The first kappa shape index (κ1) is 28.5. The maximum absolute atomic E-state index is 11.6. The van der Waals surface area contributed by atoms with Crippen LogP contribution in [0.2, 0.25) is 0 Å². The van der Waals surface area contributed by atoms with Crippen molar-refractivity contribution in [1.29, 1.82) is 0 Å². The zero-order valence-electron chi connectivity index (χ0n) is 18.4. The molecule has 0 spiro atoms. The summed E-state index contributed by atoms with van der Waals surface area (Å²) in [5.74, 6) is 0.206. The maximum atomic E-state index is 11.6. The minimum Gasteiger partial charge on any atom is -0.466 e. The molecule has 0 aliphatic carbocycles. The third-order valence-electron chi connectivity index (χ3n) is 4.94. The molecule has 1 amide bonds. The van der Waals surface area contributed by atoms with Crippen molar-refractivity contribution < 1.29 is 20.7 Å². The number of ether oxygens (including phenoxy) is 1. The lowest BCUT2D eigenvalue weighted by atomic mass is 9.84. The molecule has 0 bridgehead atoms. The van der Waals surface area contributed by atoms with Gasteiger partial charge in [0.05, 0.1) is 12.5 Å². The van der Waals surface area contributed by atoms with E-state index in [1.54, 1.807) is 6.92 Å². The summed E-state index contributed by atoms with van der Waals surface area (Å²) in [6.45, 7) is 17.2. The zero-order valence-corrected chi connectivity index (χ0v) is 18.4. The van der Waals surface area contributed by atoms with Crippen molar-refractivity contribution in [2.75, 3.05) is 6.61 Å². The molecule has 0 radical (unpaired) electrons. The normalized spacial score (nSPS) is 19.2. The predicted molar refractivity (Wildman–Crippen MR) is 115 cm³/mol. The highest BCUT2D eigenvalue weighted by Gasteiger charge is 2.39. The lowest BCUT2D eigenvalue weighted by Crippen LogP contribution is -2.37. The van der Waals surface area contributed by atoms with Crippen LogP contribution in [-0.2, 0) is 14.3 Å². The maximum Gasteiger partial charge on any atom is 0.309 e. The van der Waals surface area contributed by atoms with E-state index < -0.39 is 11.5 Å². The highest BCUT2D eigenvalue weighted by Crippen LogP contribution is 2.29. The van der Waals surface area contributed by atoms with Crippen LogP contribution in [0.5, 0.6) is 0 Å². The fourth-order valence-electron chi connectivity index (χ4n) is 3.11. The zero-order chi connectivity index (χ0) is 21.6. The summed E-state index contributed by atoms with van der Waals surface area (Å²) < 4.78 is 4.93. The average Bonchev–Trinajstić information content (AvgIpc) is 2.78. The molecule has 1 N–H and O–H groups in total. The van der Waals surface area contributed by atoms with Crippen molar-refractivity contribution in [3.8, 4) is 0 Å². The number of carbonyl (C=O) groups is 2. The number of nitro groups is 1. The van der Waals surface area contributed by atoms with Gasteiger partial charge >= 0.3 is 5.97 Å². The summed E-state index contributed by atoms with van der Waals surface area (Å²) >= 11 is 0. The van der Waals surface area contributed by atoms with Gasteiger partial charge in [-0.1, -0.05) is 35.1 Å². The first-order valence-corrected chi connectivity index (χ1v) is 9.77. The smallest absolute Gasteiger partial charge is 0.309 e. The van der Waals surface area contributed by atoms with Gasteiger partial charge in [0.25, 0.3) is 0 Å². The van der Waals surface area contributed by atoms with E-state index in [2.05, 4.69) is 33.0 Å². The van der Waals surface area contributed by atoms with Gasteiger partial charge in [-0.05, 0) is 39.0 Å². The van der Waals surface area contributed by atoms with E-state index in [0.29, 0.717) is 12.5 Å². The molecule has 0 saturated carbocycles. The first-order valence-electron chi connectivity index (χ1n) is 9.77. The van der Waals surface area contributed by atoms with E-state index in [1.165, 1.54) is 13.8 Å². The minimum absolute atomic E-state index is 0. The second-order valence-electron chi connectivity index (χ2n) is 9.30. The molecular formula is C21H44N2O5. The Morgan fingerprint density at radius 1 is 1.36 bits per heavy atom. The van der Waals surface area contributed by atoms with Gasteiger partial charge in [0, 0.05) is 38.1 Å². The molecule has 1 fully saturated rings. The van der Waals surface area contributed by atoms with E-state index in [-0.39, 0.29) is 49.4 Å². The van der Waals surface area contributed by atoms with E-state index in [4.69, 9.17) is 4.74 Å². The van der Waals surface area contributed by atoms with Gasteiger partial charge in [-0.3, -0.25) is 19.7 Å². The molecule has 7 heteroatoms. The largest absolute Gasteiger partial charge is 0.466 e. The molecule has 2 unspecified atom stereocenters. The molecule has 28 heavy (non-hydrogen) atoms. The van der Waals surface area contributed by atoms with Crippen LogP contribution in [0.1, 0.15) is 84.0 Å². The fraction of sp³-hybridized carbons (Fsp3) is 0.905. The number of hydrogen-bond donors (Lipinski definition) is 1. The van der Waals surface area contributed by atoms with Crippen LogP contribution in [-0.4, -0.2) is 34.5 Å². The second kappa shape index (κ2) is 11.4. The lowest BCUT2D eigenvalue weighted by molar-refractivity contribution is -0.562. The van der Waals surface area contributed by atoms with Crippen LogP contribution in [0.25, 0.3) is 0 Å². The van der Waals surface area contributed by atoms with Crippen molar-refractivity contribution >= 4 is 11.9 Å². The molecule has 168 valence electrons. The molecule has 1 aliphatic heterocycles. The Labute approximate surface area is 172 Å². The third-order valence-corrected chi connectivity index (χ3v) is 4.94. The van der Waals surface area contributed by atoms with Crippen molar-refractivity contribution in [2.24, 2.45) is 23.7 Å². The molecule has 0 aromatic heterocycles. The van der Waals surface area contributed by atoms with Crippen LogP contribution >= 0.6 is 0 Å². The Balaban J connectivity index is -0.000000459. The number of nitrogens with one attached hydrogen (secondary N) is 1. The molecular weight excluding hydrogens is 360 g/mol.